The van der Waals surface area contributed by atoms with Crippen molar-refractivity contribution in [2.45, 2.75) is 84.6 Å². The highest BCUT2D eigenvalue weighted by Gasteiger charge is 2.63. The van der Waals surface area contributed by atoms with Gasteiger partial charge in [-0.05, 0) is 68.9 Å². The Balaban J connectivity index is 1.40. The van der Waals surface area contributed by atoms with Crippen LogP contribution >= 0.6 is 0 Å². The first kappa shape index (κ1) is 31.5. The number of likely N-dealkylation sites (tertiary alicyclic amines) is 2. The summed E-state index contributed by atoms with van der Waals surface area (Å²) in [5.74, 6) is 0.0879. The minimum atomic E-state index is -0.790. The molecule has 42 heavy (non-hydrogen) atoms. The van der Waals surface area contributed by atoms with Crippen molar-refractivity contribution >= 4 is 17.8 Å². The van der Waals surface area contributed by atoms with Crippen LogP contribution in [0.5, 0.6) is 5.75 Å². The van der Waals surface area contributed by atoms with Gasteiger partial charge in [-0.25, -0.2) is 9.69 Å². The van der Waals surface area contributed by atoms with Gasteiger partial charge in [0.2, 0.25) is 5.91 Å². The molecule has 4 rings (SSSR count). The molecule has 0 saturated carbocycles. The SMILES string of the molecule is CCCC(NC(=O)N1C(=O)C(CC)(CC)C1Oc1ccc(C(=O)NCCN2CCC(O)CC2)cc1)c1ccc(C)cc1. The molecule has 2 aromatic carbocycles. The number of piperidine rings is 1. The third-order valence-corrected chi connectivity index (χ3v) is 8.82. The van der Waals surface area contributed by atoms with E-state index in [0.717, 1.165) is 56.4 Å². The molecule has 2 heterocycles. The number of aliphatic hydroxyl groups is 1. The molecule has 0 radical (unpaired) electrons. The molecular formula is C33H46N4O5. The first-order valence-corrected chi connectivity index (χ1v) is 15.4. The number of hydrogen-bond donors (Lipinski definition) is 3. The standard InChI is InChI=1S/C33H46N4O5/c1-5-8-28(24-11-9-23(4)10-12-24)35-32(41)37-30(40)33(6-2,7-3)31(37)42-27-15-13-25(14-16-27)29(39)34-19-22-36-20-17-26(38)18-21-36/h9-16,26,28,31,38H,5-8,17-22H2,1-4H3,(H,34,39)(H,35,41). The monoisotopic (exact) mass is 578 g/mol. The number of carbonyl (C=O) groups is 3. The second-order valence-corrected chi connectivity index (χ2v) is 11.6. The maximum absolute atomic E-state index is 13.5. The second-order valence-electron chi connectivity index (χ2n) is 11.6. The maximum Gasteiger partial charge on any atom is 0.327 e. The van der Waals surface area contributed by atoms with Crippen molar-refractivity contribution in [2.75, 3.05) is 26.2 Å². The molecule has 2 aliphatic rings. The van der Waals surface area contributed by atoms with Gasteiger partial charge in [0.1, 0.15) is 11.2 Å². The average molecular weight is 579 g/mol. The van der Waals surface area contributed by atoms with E-state index in [1.165, 1.54) is 4.90 Å². The minimum absolute atomic E-state index is 0.173. The van der Waals surface area contributed by atoms with Crippen molar-refractivity contribution in [3.63, 3.8) is 0 Å². The Morgan fingerprint density at radius 2 is 1.67 bits per heavy atom. The molecule has 0 aliphatic carbocycles. The number of urea groups is 1. The highest BCUT2D eigenvalue weighted by Crippen LogP contribution is 2.46. The number of β-lactam (4-membered cyclic amide) rings is 1. The summed E-state index contributed by atoms with van der Waals surface area (Å²) < 4.78 is 6.30. The lowest BCUT2D eigenvalue weighted by atomic mass is 9.72. The zero-order valence-electron chi connectivity index (χ0n) is 25.4. The molecule has 0 spiro atoms. The second kappa shape index (κ2) is 14.2. The fourth-order valence-corrected chi connectivity index (χ4v) is 5.91. The largest absolute Gasteiger partial charge is 0.469 e. The molecule has 2 unspecified atom stereocenters. The highest BCUT2D eigenvalue weighted by atomic mass is 16.5. The summed E-state index contributed by atoms with van der Waals surface area (Å²) >= 11 is 0. The first-order chi connectivity index (χ1) is 20.2. The Bertz CT molecular complexity index is 1200. The third kappa shape index (κ3) is 6.95. The smallest absolute Gasteiger partial charge is 0.327 e. The molecule has 9 nitrogen and oxygen atoms in total. The van der Waals surface area contributed by atoms with Crippen LogP contribution < -0.4 is 15.4 Å². The number of nitrogens with one attached hydrogen (secondary N) is 2. The van der Waals surface area contributed by atoms with Gasteiger partial charge in [-0.2, -0.15) is 0 Å². The van der Waals surface area contributed by atoms with Gasteiger partial charge in [0, 0.05) is 31.7 Å². The van der Waals surface area contributed by atoms with E-state index < -0.39 is 17.7 Å². The first-order valence-electron chi connectivity index (χ1n) is 15.4. The fourth-order valence-electron chi connectivity index (χ4n) is 5.91. The van der Waals surface area contributed by atoms with E-state index in [0.29, 0.717) is 30.7 Å². The molecule has 2 saturated heterocycles. The van der Waals surface area contributed by atoms with E-state index in [-0.39, 0.29) is 24.0 Å². The van der Waals surface area contributed by atoms with Gasteiger partial charge in [-0.1, -0.05) is 57.0 Å². The van der Waals surface area contributed by atoms with Crippen molar-refractivity contribution in [3.05, 3.63) is 65.2 Å². The summed E-state index contributed by atoms with van der Waals surface area (Å²) in [6, 6.07) is 14.2. The zero-order valence-corrected chi connectivity index (χ0v) is 25.4. The van der Waals surface area contributed by atoms with Crippen molar-refractivity contribution in [3.8, 4) is 5.75 Å². The number of aryl methyl sites for hydroxylation is 1. The van der Waals surface area contributed by atoms with Crippen LogP contribution in [0.4, 0.5) is 4.79 Å². The lowest BCUT2D eigenvalue weighted by molar-refractivity contribution is -0.191. The third-order valence-electron chi connectivity index (χ3n) is 8.82. The van der Waals surface area contributed by atoms with Crippen molar-refractivity contribution < 1.29 is 24.2 Å². The molecule has 9 heteroatoms. The summed E-state index contributed by atoms with van der Waals surface area (Å²) in [6.45, 7) is 10.9. The number of carbonyl (C=O) groups excluding carboxylic acids is 3. The Kier molecular flexibility index (Phi) is 10.6. The van der Waals surface area contributed by atoms with Crippen LogP contribution in [0, 0.1) is 12.3 Å². The van der Waals surface area contributed by atoms with Gasteiger partial charge in [-0.3, -0.25) is 9.59 Å². The number of nitrogens with zero attached hydrogens (tertiary/aromatic N) is 2. The molecule has 4 amide bonds. The molecule has 2 aliphatic heterocycles. The topological polar surface area (TPSA) is 111 Å². The van der Waals surface area contributed by atoms with Gasteiger partial charge in [0.05, 0.1) is 12.1 Å². The van der Waals surface area contributed by atoms with Crippen LogP contribution in [0.15, 0.2) is 48.5 Å². The predicted molar refractivity (Wildman–Crippen MR) is 162 cm³/mol. The molecule has 2 atom stereocenters. The van der Waals surface area contributed by atoms with Gasteiger partial charge in [-0.15, -0.1) is 0 Å². The molecule has 3 N–H and O–H groups in total. The molecule has 2 aromatic rings. The number of benzene rings is 2. The summed E-state index contributed by atoms with van der Waals surface area (Å²) in [5.41, 5.74) is 1.86. The van der Waals surface area contributed by atoms with E-state index in [9.17, 15) is 19.5 Å². The maximum atomic E-state index is 13.5. The van der Waals surface area contributed by atoms with Gasteiger partial charge >= 0.3 is 6.03 Å². The summed E-state index contributed by atoms with van der Waals surface area (Å²) in [6.07, 6.45) is 3.29. The van der Waals surface area contributed by atoms with Crippen molar-refractivity contribution in [1.82, 2.24) is 20.4 Å². The van der Waals surface area contributed by atoms with Crippen LogP contribution in [0.2, 0.25) is 0 Å². The number of amides is 4. The van der Waals surface area contributed by atoms with Crippen LogP contribution in [-0.2, 0) is 4.79 Å². The number of rotatable bonds is 12. The molecule has 0 bridgehead atoms. The predicted octanol–water partition coefficient (Wildman–Crippen LogP) is 4.79. The molecule has 2 fully saturated rings. The van der Waals surface area contributed by atoms with Crippen LogP contribution in [-0.4, -0.2) is 71.3 Å². The van der Waals surface area contributed by atoms with E-state index in [1.54, 1.807) is 24.3 Å². The van der Waals surface area contributed by atoms with Crippen molar-refractivity contribution in [1.29, 1.82) is 0 Å². The molecule has 228 valence electrons. The molecule has 0 aromatic heterocycles. The fraction of sp³-hybridized carbons (Fsp3) is 0.545. The van der Waals surface area contributed by atoms with Gasteiger partial charge in [0.15, 0.2) is 6.23 Å². The Hall–Kier alpha value is -3.43. The van der Waals surface area contributed by atoms with Crippen molar-refractivity contribution in [2.24, 2.45) is 5.41 Å². The Morgan fingerprint density at radius 1 is 1.02 bits per heavy atom. The van der Waals surface area contributed by atoms with Crippen LogP contribution in [0.3, 0.4) is 0 Å². The summed E-state index contributed by atoms with van der Waals surface area (Å²) in [5, 5.41) is 15.7. The Labute approximate surface area is 249 Å². The zero-order chi connectivity index (χ0) is 30.3. The van der Waals surface area contributed by atoms with Gasteiger partial charge in [0.25, 0.3) is 5.91 Å². The quantitative estimate of drug-likeness (QED) is 0.313. The summed E-state index contributed by atoms with van der Waals surface area (Å²) in [4.78, 5) is 43.0. The summed E-state index contributed by atoms with van der Waals surface area (Å²) in [7, 11) is 0. The lowest BCUT2D eigenvalue weighted by Gasteiger charge is -2.53. The van der Waals surface area contributed by atoms with E-state index in [2.05, 4.69) is 22.5 Å². The van der Waals surface area contributed by atoms with Gasteiger partial charge < -0.3 is 25.4 Å². The van der Waals surface area contributed by atoms with Crippen LogP contribution in [0.1, 0.15) is 86.8 Å². The minimum Gasteiger partial charge on any atom is -0.469 e. The van der Waals surface area contributed by atoms with E-state index in [4.69, 9.17) is 4.74 Å². The number of imide groups is 1. The highest BCUT2D eigenvalue weighted by molar-refractivity contribution is 6.03. The number of aliphatic hydroxyl groups excluding tert-OH is 1. The van der Waals surface area contributed by atoms with E-state index in [1.807, 2.05) is 45.0 Å². The van der Waals surface area contributed by atoms with Crippen LogP contribution in [0.25, 0.3) is 0 Å². The van der Waals surface area contributed by atoms with E-state index >= 15 is 0 Å². The molecular weight excluding hydrogens is 532 g/mol. The lowest BCUT2D eigenvalue weighted by Crippen LogP contribution is -2.73. The Morgan fingerprint density at radius 3 is 2.26 bits per heavy atom. The number of ether oxygens (including phenoxy) is 1. The number of hydrogen-bond acceptors (Lipinski definition) is 6. The average Bonchev–Trinajstić information content (AvgIpc) is 2.99. The normalized spacial score (nSPS) is 19.6.